The van der Waals surface area contributed by atoms with Gasteiger partial charge < -0.3 is 14.7 Å². The van der Waals surface area contributed by atoms with E-state index in [0.29, 0.717) is 11.9 Å². The topological polar surface area (TPSA) is 65.9 Å². The number of carboxylic acids is 1. The van der Waals surface area contributed by atoms with Crippen molar-refractivity contribution >= 4 is 41.1 Å². The third kappa shape index (κ3) is 5.50. The quantitative estimate of drug-likeness (QED) is 0.250. The van der Waals surface area contributed by atoms with E-state index in [9.17, 15) is 4.79 Å². The standard InChI is InChI=1S/C22H27N3O3S2/c1-4-5-9-17-15-25(16-10-7-6-8-11-16)18-14-19(29-3)21(28-13-12-20(26)27)23-22(18)30-24(17)2/h6-8,10-14,17H,4-5,9,15H2,1-3H3,(H,26,27)/b13-12+. The third-order valence-corrected chi connectivity index (χ3v) is 6.69. The number of para-hydroxylation sites is 1. The Morgan fingerprint density at radius 1 is 1.40 bits per heavy atom. The average molecular weight is 446 g/mol. The number of benzene rings is 1. The Bertz CT molecular complexity index is 893. The molecular formula is C22H27N3O3S2. The first kappa shape index (κ1) is 22.5. The molecule has 1 unspecified atom stereocenters. The van der Waals surface area contributed by atoms with Crippen LogP contribution in [0.25, 0.3) is 0 Å². The number of nitrogens with zero attached hydrogens (tertiary/aromatic N) is 3. The van der Waals surface area contributed by atoms with Gasteiger partial charge >= 0.3 is 5.97 Å². The molecule has 1 aliphatic heterocycles. The monoisotopic (exact) mass is 445 g/mol. The summed E-state index contributed by atoms with van der Waals surface area (Å²) in [5, 5.41) is 9.68. The highest BCUT2D eigenvalue weighted by atomic mass is 32.2. The van der Waals surface area contributed by atoms with Crippen LogP contribution in [-0.2, 0) is 4.79 Å². The Hall–Kier alpha value is -2.16. The number of ether oxygens (including phenoxy) is 1. The summed E-state index contributed by atoms with van der Waals surface area (Å²) >= 11 is 3.14. The number of anilines is 2. The number of rotatable bonds is 8. The lowest BCUT2D eigenvalue weighted by molar-refractivity contribution is -0.131. The Morgan fingerprint density at radius 2 is 2.17 bits per heavy atom. The zero-order valence-corrected chi connectivity index (χ0v) is 19.1. The highest BCUT2D eigenvalue weighted by molar-refractivity contribution is 7.98. The number of carboxylic acid groups (broad SMARTS) is 1. The van der Waals surface area contributed by atoms with Gasteiger partial charge in [-0.05, 0) is 49.9 Å². The van der Waals surface area contributed by atoms with Gasteiger partial charge in [-0.3, -0.25) is 0 Å². The first-order valence-electron chi connectivity index (χ1n) is 9.92. The van der Waals surface area contributed by atoms with E-state index in [1.165, 1.54) is 24.4 Å². The molecule has 1 aliphatic rings. The fourth-order valence-corrected chi connectivity index (χ4v) is 4.78. The second kappa shape index (κ2) is 10.7. The highest BCUT2D eigenvalue weighted by Crippen LogP contribution is 2.43. The molecule has 30 heavy (non-hydrogen) atoms. The first-order chi connectivity index (χ1) is 14.5. The van der Waals surface area contributed by atoms with E-state index in [1.807, 2.05) is 12.3 Å². The van der Waals surface area contributed by atoms with Crippen molar-refractivity contribution in [3.8, 4) is 5.88 Å². The third-order valence-electron chi connectivity index (χ3n) is 4.90. The molecule has 160 valence electrons. The van der Waals surface area contributed by atoms with Crippen molar-refractivity contribution in [2.75, 3.05) is 24.7 Å². The van der Waals surface area contributed by atoms with Crippen LogP contribution >= 0.6 is 23.7 Å². The number of pyridine rings is 1. The second-order valence-corrected chi connectivity index (χ2v) is 8.95. The van der Waals surface area contributed by atoms with Crippen LogP contribution in [0.15, 0.2) is 58.7 Å². The molecule has 1 atom stereocenters. The molecule has 0 bridgehead atoms. The molecule has 0 fully saturated rings. The average Bonchev–Trinajstić information content (AvgIpc) is 2.87. The summed E-state index contributed by atoms with van der Waals surface area (Å²) < 4.78 is 7.85. The van der Waals surface area contributed by atoms with Crippen molar-refractivity contribution in [1.82, 2.24) is 9.29 Å². The summed E-state index contributed by atoms with van der Waals surface area (Å²) in [7, 11) is 2.11. The van der Waals surface area contributed by atoms with Gasteiger partial charge in [0.05, 0.1) is 16.7 Å². The molecule has 2 heterocycles. The lowest BCUT2D eigenvalue weighted by Crippen LogP contribution is -2.35. The van der Waals surface area contributed by atoms with Crippen LogP contribution in [0.5, 0.6) is 5.88 Å². The van der Waals surface area contributed by atoms with Gasteiger partial charge in [0.1, 0.15) is 11.3 Å². The highest BCUT2D eigenvalue weighted by Gasteiger charge is 2.29. The number of fused-ring (bicyclic) bond motifs is 1. The van der Waals surface area contributed by atoms with E-state index in [1.54, 1.807) is 11.9 Å². The van der Waals surface area contributed by atoms with Gasteiger partial charge in [0.15, 0.2) is 0 Å². The van der Waals surface area contributed by atoms with E-state index in [2.05, 4.69) is 53.5 Å². The lowest BCUT2D eigenvalue weighted by atomic mass is 10.1. The molecule has 0 radical (unpaired) electrons. The lowest BCUT2D eigenvalue weighted by Gasteiger charge is -2.29. The van der Waals surface area contributed by atoms with Crippen LogP contribution in [0.2, 0.25) is 0 Å². The maximum atomic E-state index is 10.8. The molecule has 6 nitrogen and oxygen atoms in total. The van der Waals surface area contributed by atoms with Crippen molar-refractivity contribution in [1.29, 1.82) is 0 Å². The number of hydrogen-bond donors (Lipinski definition) is 1. The number of thioether (sulfide) groups is 1. The summed E-state index contributed by atoms with van der Waals surface area (Å²) in [6.07, 6.45) is 7.54. The molecule has 2 aromatic rings. The molecule has 0 spiro atoms. The smallest absolute Gasteiger partial charge is 0.331 e. The summed E-state index contributed by atoms with van der Waals surface area (Å²) in [5.74, 6) is -0.641. The summed E-state index contributed by atoms with van der Waals surface area (Å²) in [6.45, 7) is 3.09. The van der Waals surface area contributed by atoms with Gasteiger partial charge in [0.25, 0.3) is 0 Å². The largest absolute Gasteiger partial charge is 0.478 e. The van der Waals surface area contributed by atoms with Gasteiger partial charge in [-0.2, -0.15) is 0 Å². The Balaban J connectivity index is 2.04. The van der Waals surface area contributed by atoms with Crippen LogP contribution in [0.3, 0.4) is 0 Å². The number of aromatic nitrogens is 1. The zero-order chi connectivity index (χ0) is 21.5. The maximum absolute atomic E-state index is 10.8. The van der Waals surface area contributed by atoms with Gasteiger partial charge in [-0.15, -0.1) is 11.8 Å². The van der Waals surface area contributed by atoms with Crippen LogP contribution in [0.1, 0.15) is 26.2 Å². The predicted molar refractivity (Wildman–Crippen MR) is 124 cm³/mol. The minimum absolute atomic E-state index is 0.373. The fraction of sp³-hybridized carbons (Fsp3) is 0.364. The molecule has 3 rings (SSSR count). The van der Waals surface area contributed by atoms with E-state index in [4.69, 9.17) is 14.8 Å². The molecule has 0 saturated heterocycles. The van der Waals surface area contributed by atoms with Crippen LogP contribution in [0, 0.1) is 0 Å². The normalized spacial score (nSPS) is 17.0. The fourth-order valence-electron chi connectivity index (χ4n) is 3.30. The van der Waals surface area contributed by atoms with Crippen molar-refractivity contribution < 1.29 is 14.6 Å². The Morgan fingerprint density at radius 3 is 2.83 bits per heavy atom. The molecule has 1 aromatic carbocycles. The molecule has 8 heteroatoms. The number of aliphatic carboxylic acids is 1. The Kier molecular flexibility index (Phi) is 8.07. The van der Waals surface area contributed by atoms with Gasteiger partial charge in [0.2, 0.25) is 5.88 Å². The minimum atomic E-state index is -1.06. The van der Waals surface area contributed by atoms with Gasteiger partial charge in [-0.1, -0.05) is 38.0 Å². The van der Waals surface area contributed by atoms with Gasteiger partial charge in [0, 0.05) is 18.3 Å². The molecule has 0 amide bonds. The van der Waals surface area contributed by atoms with Crippen LogP contribution in [0.4, 0.5) is 11.4 Å². The second-order valence-electron chi connectivity index (χ2n) is 6.96. The van der Waals surface area contributed by atoms with E-state index >= 15 is 0 Å². The Labute approximate surface area is 186 Å². The predicted octanol–water partition coefficient (Wildman–Crippen LogP) is 5.43. The SMILES string of the molecule is CCCCC1CN(c2ccccc2)c2cc(SC)c(O/C=C/C(=O)O)nc2SN1C. The molecule has 1 aromatic heterocycles. The summed E-state index contributed by atoms with van der Waals surface area (Å²) in [4.78, 5) is 18.7. The minimum Gasteiger partial charge on any atom is -0.478 e. The number of likely N-dealkylation sites (N-methyl/N-ethyl adjacent to an activating group) is 1. The zero-order valence-electron chi connectivity index (χ0n) is 17.4. The van der Waals surface area contributed by atoms with Gasteiger partial charge in [-0.25, -0.2) is 14.1 Å². The van der Waals surface area contributed by atoms with E-state index in [-0.39, 0.29) is 0 Å². The van der Waals surface area contributed by atoms with E-state index in [0.717, 1.165) is 46.8 Å². The number of carbonyl (C=O) groups is 1. The molecular weight excluding hydrogens is 418 g/mol. The molecule has 0 aliphatic carbocycles. The number of hydrogen-bond acceptors (Lipinski definition) is 7. The van der Waals surface area contributed by atoms with Crippen molar-refractivity contribution in [3.05, 3.63) is 48.7 Å². The summed E-state index contributed by atoms with van der Waals surface area (Å²) in [5.41, 5.74) is 2.17. The summed E-state index contributed by atoms with van der Waals surface area (Å²) in [6, 6.07) is 12.8. The van der Waals surface area contributed by atoms with Crippen molar-refractivity contribution in [2.45, 2.75) is 42.1 Å². The molecule has 1 N–H and O–H groups in total. The molecule has 0 saturated carbocycles. The van der Waals surface area contributed by atoms with Crippen LogP contribution < -0.4 is 9.64 Å². The van der Waals surface area contributed by atoms with E-state index < -0.39 is 5.97 Å². The number of unbranched alkanes of at least 4 members (excludes halogenated alkanes) is 1. The van der Waals surface area contributed by atoms with Crippen LogP contribution in [-0.4, -0.2) is 46.3 Å². The maximum Gasteiger partial charge on any atom is 0.331 e. The van der Waals surface area contributed by atoms with Crippen molar-refractivity contribution in [2.24, 2.45) is 0 Å². The van der Waals surface area contributed by atoms with Crippen molar-refractivity contribution in [3.63, 3.8) is 0 Å². The first-order valence-corrected chi connectivity index (χ1v) is 11.9.